The highest BCUT2D eigenvalue weighted by Gasteiger charge is 2.14. The van der Waals surface area contributed by atoms with Crippen molar-refractivity contribution in [3.05, 3.63) is 39.7 Å². The molecular formula is C21H33N3O. The lowest BCUT2D eigenvalue weighted by Gasteiger charge is -2.23. The molecule has 0 spiro atoms. The summed E-state index contributed by atoms with van der Waals surface area (Å²) in [5.41, 5.74) is 4.06. The molecule has 0 radical (unpaired) electrons. The van der Waals surface area contributed by atoms with E-state index in [0.717, 1.165) is 47.5 Å². The molecule has 4 heteroatoms. The zero-order valence-electron chi connectivity index (χ0n) is 16.5. The third-order valence-corrected chi connectivity index (χ3v) is 4.85. The number of benzene rings is 1. The molecule has 2 rings (SSSR count). The van der Waals surface area contributed by atoms with E-state index in [1.165, 1.54) is 25.7 Å². The number of pyridine rings is 1. The van der Waals surface area contributed by atoms with Gasteiger partial charge in [0, 0.05) is 48.5 Å². The molecule has 0 fully saturated rings. The normalized spacial score (nSPS) is 11.4. The van der Waals surface area contributed by atoms with E-state index in [1.54, 1.807) is 0 Å². The summed E-state index contributed by atoms with van der Waals surface area (Å²) in [7, 11) is 4.00. The van der Waals surface area contributed by atoms with E-state index in [0.29, 0.717) is 0 Å². The summed E-state index contributed by atoms with van der Waals surface area (Å²) in [5, 5.41) is 0.790. The van der Waals surface area contributed by atoms with Crippen LogP contribution in [0.5, 0.6) is 0 Å². The molecule has 0 saturated heterocycles. The van der Waals surface area contributed by atoms with Gasteiger partial charge in [0.05, 0.1) is 0 Å². The first-order valence-corrected chi connectivity index (χ1v) is 9.53. The average molecular weight is 344 g/mol. The van der Waals surface area contributed by atoms with Crippen LogP contribution in [-0.4, -0.2) is 37.1 Å². The van der Waals surface area contributed by atoms with Crippen LogP contribution in [-0.2, 0) is 6.54 Å². The van der Waals surface area contributed by atoms with E-state index in [4.69, 9.17) is 0 Å². The monoisotopic (exact) mass is 343 g/mol. The minimum absolute atomic E-state index is 0.174. The van der Waals surface area contributed by atoms with E-state index in [2.05, 4.69) is 23.7 Å². The highest BCUT2D eigenvalue weighted by atomic mass is 16.1. The van der Waals surface area contributed by atoms with Crippen molar-refractivity contribution in [2.24, 2.45) is 0 Å². The van der Waals surface area contributed by atoms with Crippen LogP contribution in [0.2, 0.25) is 0 Å². The minimum atomic E-state index is 0.174. The summed E-state index contributed by atoms with van der Waals surface area (Å²) in [4.78, 5) is 21.1. The zero-order valence-corrected chi connectivity index (χ0v) is 16.5. The van der Waals surface area contributed by atoms with Gasteiger partial charge in [0.25, 0.3) is 0 Å². The Morgan fingerprint density at radius 3 is 2.24 bits per heavy atom. The maximum absolute atomic E-state index is 13.1. The Labute approximate surface area is 151 Å². The molecule has 0 amide bonds. The molecule has 1 N–H and O–H groups in total. The summed E-state index contributed by atoms with van der Waals surface area (Å²) in [6.45, 7) is 9.32. The van der Waals surface area contributed by atoms with Gasteiger partial charge in [-0.15, -0.1) is 0 Å². The van der Waals surface area contributed by atoms with Crippen LogP contribution < -0.4 is 10.3 Å². The second-order valence-electron chi connectivity index (χ2n) is 7.17. The number of aryl methyl sites for hydroxylation is 1. The highest BCUT2D eigenvalue weighted by molar-refractivity contribution is 5.83. The van der Waals surface area contributed by atoms with E-state index in [1.807, 2.05) is 44.1 Å². The lowest BCUT2D eigenvalue weighted by atomic mass is 10.1. The first kappa shape index (κ1) is 19.5. The van der Waals surface area contributed by atoms with E-state index < -0.39 is 0 Å². The van der Waals surface area contributed by atoms with Gasteiger partial charge in [0.1, 0.15) is 0 Å². The fraction of sp³-hybridized carbons (Fsp3) is 0.571. The van der Waals surface area contributed by atoms with Gasteiger partial charge in [-0.2, -0.15) is 0 Å². The molecule has 1 aromatic heterocycles. The number of nitrogens with zero attached hydrogens (tertiary/aromatic N) is 2. The molecule has 0 atom stereocenters. The van der Waals surface area contributed by atoms with Crippen molar-refractivity contribution in [2.45, 2.75) is 53.0 Å². The number of unbranched alkanes of at least 4 members (excludes halogenated alkanes) is 2. The van der Waals surface area contributed by atoms with Gasteiger partial charge in [0.2, 0.25) is 0 Å². The molecule has 0 aliphatic heterocycles. The molecule has 138 valence electrons. The van der Waals surface area contributed by atoms with Gasteiger partial charge in [-0.1, -0.05) is 26.7 Å². The lowest BCUT2D eigenvalue weighted by molar-refractivity contribution is 0.256. The molecule has 0 bridgehead atoms. The van der Waals surface area contributed by atoms with Crippen LogP contribution in [0.1, 0.15) is 50.8 Å². The summed E-state index contributed by atoms with van der Waals surface area (Å²) in [6.07, 6.45) is 4.72. The number of fused-ring (bicyclic) bond motifs is 1. The topological polar surface area (TPSA) is 39.3 Å². The quantitative estimate of drug-likeness (QED) is 0.737. The van der Waals surface area contributed by atoms with Crippen LogP contribution in [0.15, 0.2) is 23.0 Å². The molecule has 0 aliphatic rings. The number of nitrogens with one attached hydrogen (secondary N) is 1. The van der Waals surface area contributed by atoms with Gasteiger partial charge >= 0.3 is 0 Å². The average Bonchev–Trinajstić information content (AvgIpc) is 2.59. The summed E-state index contributed by atoms with van der Waals surface area (Å²) >= 11 is 0. The number of aromatic nitrogens is 1. The van der Waals surface area contributed by atoms with Crippen molar-refractivity contribution >= 4 is 16.6 Å². The van der Waals surface area contributed by atoms with Gasteiger partial charge in [-0.05, 0) is 51.1 Å². The Balaban J connectivity index is 2.39. The Morgan fingerprint density at radius 2 is 1.68 bits per heavy atom. The van der Waals surface area contributed by atoms with E-state index >= 15 is 0 Å². The number of hydrogen-bond donors (Lipinski definition) is 1. The smallest absolute Gasteiger partial charge is 0.194 e. The summed E-state index contributed by atoms with van der Waals surface area (Å²) < 4.78 is 0. The predicted octanol–water partition coefficient (Wildman–Crippen LogP) is 4.30. The van der Waals surface area contributed by atoms with Crippen molar-refractivity contribution in [2.75, 3.05) is 32.1 Å². The number of anilines is 1. The summed E-state index contributed by atoms with van der Waals surface area (Å²) in [5.74, 6) is 0. The SMILES string of the molecule is CCCCN(CCCC)Cc1c(C)[nH]c2ccc(N(C)C)cc2c1=O. The first-order chi connectivity index (χ1) is 12.0. The third-order valence-electron chi connectivity index (χ3n) is 4.85. The van der Waals surface area contributed by atoms with Gasteiger partial charge in [-0.25, -0.2) is 0 Å². The Morgan fingerprint density at radius 1 is 1.04 bits per heavy atom. The second-order valence-corrected chi connectivity index (χ2v) is 7.17. The Bertz CT molecular complexity index is 741. The first-order valence-electron chi connectivity index (χ1n) is 9.53. The second kappa shape index (κ2) is 9.04. The van der Waals surface area contributed by atoms with Crippen LogP contribution in [0.25, 0.3) is 10.9 Å². The molecule has 0 aliphatic carbocycles. The highest BCUT2D eigenvalue weighted by Crippen LogP contribution is 2.19. The number of aromatic amines is 1. The molecule has 2 aromatic rings. The molecule has 25 heavy (non-hydrogen) atoms. The van der Waals surface area contributed by atoms with Crippen LogP contribution >= 0.6 is 0 Å². The molecular weight excluding hydrogens is 310 g/mol. The van der Waals surface area contributed by atoms with Gasteiger partial charge < -0.3 is 9.88 Å². The zero-order chi connectivity index (χ0) is 18.4. The molecule has 4 nitrogen and oxygen atoms in total. The van der Waals surface area contributed by atoms with Gasteiger partial charge in [-0.3, -0.25) is 9.69 Å². The Hall–Kier alpha value is -1.81. The van der Waals surface area contributed by atoms with Crippen LogP contribution in [0.3, 0.4) is 0 Å². The predicted molar refractivity (Wildman–Crippen MR) is 109 cm³/mol. The van der Waals surface area contributed by atoms with Crippen molar-refractivity contribution < 1.29 is 0 Å². The number of H-pyrrole nitrogens is 1. The van der Waals surface area contributed by atoms with Crippen molar-refractivity contribution in [1.82, 2.24) is 9.88 Å². The van der Waals surface area contributed by atoms with E-state index in [-0.39, 0.29) is 5.43 Å². The fourth-order valence-electron chi connectivity index (χ4n) is 3.16. The maximum atomic E-state index is 13.1. The van der Waals surface area contributed by atoms with Crippen LogP contribution in [0.4, 0.5) is 5.69 Å². The van der Waals surface area contributed by atoms with Crippen LogP contribution in [0, 0.1) is 6.92 Å². The minimum Gasteiger partial charge on any atom is -0.378 e. The molecule has 0 unspecified atom stereocenters. The third kappa shape index (κ3) is 4.85. The lowest BCUT2D eigenvalue weighted by Crippen LogP contribution is -2.29. The van der Waals surface area contributed by atoms with E-state index in [9.17, 15) is 4.79 Å². The number of hydrogen-bond acceptors (Lipinski definition) is 3. The van der Waals surface area contributed by atoms with Crippen molar-refractivity contribution in [1.29, 1.82) is 0 Å². The van der Waals surface area contributed by atoms with Crippen molar-refractivity contribution in [3.63, 3.8) is 0 Å². The largest absolute Gasteiger partial charge is 0.378 e. The standard InChI is InChI=1S/C21H33N3O/c1-6-8-12-24(13-9-7-2)15-19-16(3)22-20-11-10-17(23(4)5)14-18(20)21(19)25/h10-11,14H,6-9,12-13,15H2,1-5H3,(H,22,25). The molecule has 0 saturated carbocycles. The molecule has 1 heterocycles. The Kier molecular flexibility index (Phi) is 7.06. The molecule has 1 aromatic carbocycles. The fourth-order valence-corrected chi connectivity index (χ4v) is 3.16. The van der Waals surface area contributed by atoms with Gasteiger partial charge in [0.15, 0.2) is 5.43 Å². The van der Waals surface area contributed by atoms with Crippen molar-refractivity contribution in [3.8, 4) is 0 Å². The number of rotatable bonds is 9. The maximum Gasteiger partial charge on any atom is 0.194 e. The summed E-state index contributed by atoms with van der Waals surface area (Å²) in [6, 6.07) is 6.06.